The van der Waals surface area contributed by atoms with Crippen molar-refractivity contribution in [3.63, 3.8) is 0 Å². The van der Waals surface area contributed by atoms with Crippen molar-refractivity contribution in [1.29, 1.82) is 0 Å². The number of thioether (sulfide) groups is 1. The van der Waals surface area contributed by atoms with Crippen LogP contribution in [0.25, 0.3) is 0 Å². The Balaban J connectivity index is 2.10. The number of hydrogen-bond donors (Lipinski definition) is 1. The zero-order chi connectivity index (χ0) is 23.5. The molecule has 0 bridgehead atoms. The molecule has 1 N–H and O–H groups in total. The van der Waals surface area contributed by atoms with E-state index in [4.69, 9.17) is 23.2 Å². The molecule has 2 aromatic carbocycles. The molecule has 174 valence electrons. The fourth-order valence-corrected chi connectivity index (χ4v) is 4.98. The van der Waals surface area contributed by atoms with E-state index < -0.39 is 6.04 Å². The first-order valence-electron chi connectivity index (χ1n) is 11.0. The number of carbonyl (C=O) groups is 2. The molecule has 0 radical (unpaired) electrons. The second kappa shape index (κ2) is 13.8. The summed E-state index contributed by atoms with van der Waals surface area (Å²) in [6.07, 6.45) is 2.10. The van der Waals surface area contributed by atoms with Crippen LogP contribution in [0, 0.1) is 0 Å². The molecule has 0 saturated carbocycles. The van der Waals surface area contributed by atoms with E-state index >= 15 is 0 Å². The predicted molar refractivity (Wildman–Crippen MR) is 136 cm³/mol. The third-order valence-corrected chi connectivity index (χ3v) is 7.06. The van der Waals surface area contributed by atoms with Crippen molar-refractivity contribution in [2.45, 2.75) is 57.9 Å². The lowest BCUT2D eigenvalue weighted by atomic mass is 10.1. The Kier molecular flexibility index (Phi) is 11.4. The van der Waals surface area contributed by atoms with Gasteiger partial charge in [0.1, 0.15) is 6.04 Å². The molecule has 0 heterocycles. The van der Waals surface area contributed by atoms with E-state index in [1.54, 1.807) is 23.1 Å². The van der Waals surface area contributed by atoms with Crippen LogP contribution in [0.1, 0.15) is 44.7 Å². The van der Waals surface area contributed by atoms with Crippen LogP contribution in [0.4, 0.5) is 0 Å². The third-order valence-electron chi connectivity index (χ3n) is 5.40. The van der Waals surface area contributed by atoms with E-state index in [2.05, 4.69) is 5.32 Å². The van der Waals surface area contributed by atoms with E-state index in [0.717, 1.165) is 17.5 Å². The number of halogens is 2. The SMILES string of the molecule is CC[C@@H](C)NC(=O)[C@H](CC)N(CCc1ccccc1)C(=O)CSCc1c(Cl)cccc1Cl. The minimum atomic E-state index is -0.496. The Morgan fingerprint density at radius 3 is 2.25 bits per heavy atom. The van der Waals surface area contributed by atoms with Crippen LogP contribution < -0.4 is 5.32 Å². The van der Waals surface area contributed by atoms with Gasteiger partial charge in [-0.15, -0.1) is 11.8 Å². The second-order valence-electron chi connectivity index (χ2n) is 7.76. The molecule has 2 rings (SSSR count). The Labute approximate surface area is 206 Å². The summed E-state index contributed by atoms with van der Waals surface area (Å²) >= 11 is 14.0. The molecule has 0 spiro atoms. The first kappa shape index (κ1) is 26.6. The van der Waals surface area contributed by atoms with Gasteiger partial charge in [0.25, 0.3) is 0 Å². The fourth-order valence-electron chi connectivity index (χ4n) is 3.33. The number of amides is 2. The zero-order valence-electron chi connectivity index (χ0n) is 18.9. The quantitative estimate of drug-likeness (QED) is 0.394. The zero-order valence-corrected chi connectivity index (χ0v) is 21.3. The Bertz CT molecular complexity index is 859. The average molecular weight is 496 g/mol. The van der Waals surface area contributed by atoms with Gasteiger partial charge < -0.3 is 10.2 Å². The van der Waals surface area contributed by atoms with Crippen molar-refractivity contribution in [2.24, 2.45) is 0 Å². The van der Waals surface area contributed by atoms with Crippen LogP contribution in [-0.4, -0.2) is 41.1 Å². The lowest BCUT2D eigenvalue weighted by Gasteiger charge is -2.31. The smallest absolute Gasteiger partial charge is 0.243 e. The molecular formula is C25H32Cl2N2O2S. The molecule has 0 aliphatic heterocycles. The maximum absolute atomic E-state index is 13.2. The normalized spacial score (nSPS) is 12.8. The number of hydrogen-bond acceptors (Lipinski definition) is 3. The maximum atomic E-state index is 13.2. The van der Waals surface area contributed by atoms with Gasteiger partial charge in [0.15, 0.2) is 0 Å². The summed E-state index contributed by atoms with van der Waals surface area (Å²) < 4.78 is 0. The van der Waals surface area contributed by atoms with Crippen molar-refractivity contribution < 1.29 is 9.59 Å². The number of nitrogens with one attached hydrogen (secondary N) is 1. The van der Waals surface area contributed by atoms with Gasteiger partial charge in [0, 0.05) is 28.4 Å². The lowest BCUT2D eigenvalue weighted by Crippen LogP contribution is -2.52. The van der Waals surface area contributed by atoms with E-state index in [1.165, 1.54) is 11.8 Å². The number of benzene rings is 2. The van der Waals surface area contributed by atoms with Gasteiger partial charge in [0.05, 0.1) is 5.75 Å². The minimum absolute atomic E-state index is 0.0553. The molecule has 0 aliphatic carbocycles. The highest BCUT2D eigenvalue weighted by molar-refractivity contribution is 7.99. The van der Waals surface area contributed by atoms with Gasteiger partial charge in [-0.25, -0.2) is 0 Å². The van der Waals surface area contributed by atoms with Crippen molar-refractivity contribution in [2.75, 3.05) is 12.3 Å². The summed E-state index contributed by atoms with van der Waals surface area (Å²) in [5.41, 5.74) is 1.96. The molecule has 0 aromatic heterocycles. The minimum Gasteiger partial charge on any atom is -0.352 e. The molecule has 7 heteroatoms. The van der Waals surface area contributed by atoms with Crippen molar-refractivity contribution >= 4 is 46.8 Å². The maximum Gasteiger partial charge on any atom is 0.243 e. The summed E-state index contributed by atoms with van der Waals surface area (Å²) in [6.45, 7) is 6.44. The Morgan fingerprint density at radius 2 is 1.66 bits per heavy atom. The van der Waals surface area contributed by atoms with Crippen LogP contribution in [0.2, 0.25) is 10.0 Å². The molecule has 0 fully saturated rings. The highest BCUT2D eigenvalue weighted by Gasteiger charge is 2.28. The van der Waals surface area contributed by atoms with Crippen molar-refractivity contribution in [3.05, 3.63) is 69.7 Å². The number of carbonyl (C=O) groups excluding carboxylic acids is 2. The monoisotopic (exact) mass is 494 g/mol. The van der Waals surface area contributed by atoms with E-state index in [1.807, 2.05) is 51.1 Å². The third kappa shape index (κ3) is 8.02. The van der Waals surface area contributed by atoms with Crippen LogP contribution in [0.5, 0.6) is 0 Å². The van der Waals surface area contributed by atoms with Gasteiger partial charge in [-0.3, -0.25) is 9.59 Å². The summed E-state index contributed by atoms with van der Waals surface area (Å²) in [5.74, 6) is 0.637. The molecule has 2 atom stereocenters. The van der Waals surface area contributed by atoms with Crippen molar-refractivity contribution in [1.82, 2.24) is 10.2 Å². The van der Waals surface area contributed by atoms with Crippen LogP contribution in [0.15, 0.2) is 48.5 Å². The number of rotatable bonds is 12. The van der Waals surface area contributed by atoms with Gasteiger partial charge in [-0.05, 0) is 49.4 Å². The van der Waals surface area contributed by atoms with Gasteiger partial charge in [-0.1, -0.05) is 73.4 Å². The van der Waals surface area contributed by atoms with Crippen molar-refractivity contribution in [3.8, 4) is 0 Å². The van der Waals surface area contributed by atoms with E-state index in [9.17, 15) is 9.59 Å². The second-order valence-corrected chi connectivity index (χ2v) is 9.56. The molecule has 0 aliphatic rings. The van der Waals surface area contributed by atoms with Gasteiger partial charge in [-0.2, -0.15) is 0 Å². The predicted octanol–water partition coefficient (Wildman–Crippen LogP) is 5.99. The topological polar surface area (TPSA) is 49.4 Å². The van der Waals surface area contributed by atoms with Crippen LogP contribution >= 0.6 is 35.0 Å². The molecule has 2 amide bonds. The molecule has 0 saturated heterocycles. The first-order chi connectivity index (χ1) is 15.4. The molecule has 32 heavy (non-hydrogen) atoms. The van der Waals surface area contributed by atoms with Crippen LogP contribution in [0.3, 0.4) is 0 Å². The van der Waals surface area contributed by atoms with Gasteiger partial charge >= 0.3 is 0 Å². The molecule has 2 aromatic rings. The highest BCUT2D eigenvalue weighted by Crippen LogP contribution is 2.28. The summed E-state index contributed by atoms with van der Waals surface area (Å²) in [6, 6.07) is 15.0. The van der Waals surface area contributed by atoms with E-state index in [0.29, 0.717) is 35.2 Å². The van der Waals surface area contributed by atoms with Crippen LogP contribution in [-0.2, 0) is 21.8 Å². The molecule has 0 unspecified atom stereocenters. The number of nitrogens with zero attached hydrogens (tertiary/aromatic N) is 1. The standard InChI is InChI=1S/C25H32Cl2N2O2S/c1-4-18(3)28-25(31)23(5-2)29(15-14-19-10-7-6-8-11-19)24(30)17-32-16-20-21(26)12-9-13-22(20)27/h6-13,18,23H,4-5,14-17H2,1-3H3,(H,28,31)/t18-,23+/m1/s1. The fraction of sp³-hybridized carbons (Fsp3) is 0.440. The molecular weight excluding hydrogens is 463 g/mol. The Morgan fingerprint density at radius 1 is 1.00 bits per heavy atom. The summed E-state index contributed by atoms with van der Waals surface area (Å²) in [4.78, 5) is 27.9. The lowest BCUT2D eigenvalue weighted by molar-refractivity contribution is -0.139. The summed E-state index contributed by atoms with van der Waals surface area (Å²) in [7, 11) is 0. The van der Waals surface area contributed by atoms with E-state index in [-0.39, 0.29) is 23.6 Å². The average Bonchev–Trinajstić information content (AvgIpc) is 2.78. The molecule has 4 nitrogen and oxygen atoms in total. The highest BCUT2D eigenvalue weighted by atomic mass is 35.5. The largest absolute Gasteiger partial charge is 0.352 e. The first-order valence-corrected chi connectivity index (χ1v) is 12.9. The summed E-state index contributed by atoms with van der Waals surface area (Å²) in [5, 5.41) is 4.23. The Hall–Kier alpha value is -1.69. The van der Waals surface area contributed by atoms with Gasteiger partial charge in [0.2, 0.25) is 11.8 Å².